The molecule has 1 aliphatic rings. The molecule has 0 aromatic carbocycles. The van der Waals surface area contributed by atoms with Gasteiger partial charge in [-0.15, -0.1) is 0 Å². The largest absolute Gasteiger partial charge is 0.353 e. The van der Waals surface area contributed by atoms with Gasteiger partial charge in [-0.2, -0.15) is 8.42 Å². The van der Waals surface area contributed by atoms with Gasteiger partial charge in [0.2, 0.25) is 0 Å². The van der Waals surface area contributed by atoms with Crippen LogP contribution in [-0.4, -0.2) is 36.9 Å². The Labute approximate surface area is 117 Å². The van der Waals surface area contributed by atoms with E-state index in [0.717, 1.165) is 24.8 Å². The van der Waals surface area contributed by atoms with E-state index < -0.39 is 10.1 Å². The minimum Gasteiger partial charge on any atom is -0.353 e. The molecule has 0 unspecified atom stereocenters. The van der Waals surface area contributed by atoms with Crippen molar-refractivity contribution in [2.24, 2.45) is 5.16 Å². The molecule has 2 rings (SSSR count). The summed E-state index contributed by atoms with van der Waals surface area (Å²) in [6.07, 6.45) is 4.29. The number of amidine groups is 1. The molecule has 0 aliphatic carbocycles. The highest BCUT2D eigenvalue weighted by molar-refractivity contribution is 7.85. The lowest BCUT2D eigenvalue weighted by Gasteiger charge is -2.17. The first kappa shape index (κ1) is 14.1. The highest BCUT2D eigenvalue weighted by atomic mass is 35.5. The van der Waals surface area contributed by atoms with E-state index in [4.69, 9.17) is 11.6 Å². The van der Waals surface area contributed by atoms with Gasteiger partial charge in [-0.3, -0.25) is 4.28 Å². The van der Waals surface area contributed by atoms with E-state index in [-0.39, 0.29) is 0 Å². The molecule has 0 amide bonds. The van der Waals surface area contributed by atoms with Gasteiger partial charge in [0.25, 0.3) is 0 Å². The molecular formula is C11H14ClN3O3S. The summed E-state index contributed by atoms with van der Waals surface area (Å²) in [7, 11) is -3.56. The minimum absolute atomic E-state index is 0.444. The monoisotopic (exact) mass is 303 g/mol. The number of aromatic nitrogens is 1. The molecule has 104 valence electrons. The molecule has 0 bridgehead atoms. The number of halogens is 1. The molecule has 6 nitrogen and oxygen atoms in total. The standard InChI is InChI=1S/C11H14ClN3O3S/c1-19(16,17)18-14-11-3-2-6-15(11)8-9-4-5-10(12)13-7-9/h4-5,7H,2-3,6,8H2,1H3. The lowest BCUT2D eigenvalue weighted by molar-refractivity contribution is 0.328. The zero-order valence-electron chi connectivity index (χ0n) is 10.4. The maximum Gasteiger partial charge on any atom is 0.325 e. The Balaban J connectivity index is 2.05. The van der Waals surface area contributed by atoms with Crippen LogP contribution in [0.25, 0.3) is 0 Å². The molecule has 1 aromatic rings. The van der Waals surface area contributed by atoms with Crippen molar-refractivity contribution in [3.8, 4) is 0 Å². The summed E-state index contributed by atoms with van der Waals surface area (Å²) in [6, 6.07) is 3.60. The van der Waals surface area contributed by atoms with Gasteiger partial charge in [-0.1, -0.05) is 22.8 Å². The molecule has 8 heteroatoms. The van der Waals surface area contributed by atoms with Crippen LogP contribution >= 0.6 is 11.6 Å². The van der Waals surface area contributed by atoms with Gasteiger partial charge >= 0.3 is 10.1 Å². The summed E-state index contributed by atoms with van der Waals surface area (Å²) < 4.78 is 26.3. The third-order valence-corrected chi connectivity index (χ3v) is 3.20. The summed E-state index contributed by atoms with van der Waals surface area (Å²) in [5.74, 6) is 0.639. The van der Waals surface area contributed by atoms with Crippen molar-refractivity contribution < 1.29 is 12.7 Å². The van der Waals surface area contributed by atoms with Crippen molar-refractivity contribution in [2.75, 3.05) is 12.8 Å². The highest BCUT2D eigenvalue weighted by Gasteiger charge is 2.20. The Hall–Kier alpha value is -1.34. The van der Waals surface area contributed by atoms with Gasteiger partial charge in [0.05, 0.1) is 6.26 Å². The van der Waals surface area contributed by atoms with E-state index in [1.807, 2.05) is 11.0 Å². The van der Waals surface area contributed by atoms with Gasteiger partial charge in [0, 0.05) is 25.7 Å². The fourth-order valence-electron chi connectivity index (χ4n) is 1.82. The predicted octanol–water partition coefficient (Wildman–Crippen LogP) is 1.62. The Bertz CT molecular complexity index is 571. The second-order valence-corrected chi connectivity index (χ2v) is 6.25. The number of oxime groups is 1. The first-order valence-corrected chi connectivity index (χ1v) is 7.94. The van der Waals surface area contributed by atoms with E-state index in [9.17, 15) is 8.42 Å². The van der Waals surface area contributed by atoms with Crippen molar-refractivity contribution in [1.82, 2.24) is 9.88 Å². The van der Waals surface area contributed by atoms with Crippen molar-refractivity contribution in [1.29, 1.82) is 0 Å². The smallest absolute Gasteiger partial charge is 0.325 e. The maximum absolute atomic E-state index is 10.9. The van der Waals surface area contributed by atoms with Crippen molar-refractivity contribution in [2.45, 2.75) is 19.4 Å². The Morgan fingerprint density at radius 2 is 2.32 bits per heavy atom. The maximum atomic E-state index is 10.9. The van der Waals surface area contributed by atoms with Crippen LogP contribution < -0.4 is 0 Å². The van der Waals surface area contributed by atoms with Gasteiger partial charge in [0.15, 0.2) is 0 Å². The SMILES string of the molecule is CS(=O)(=O)ON=C1CCCN1Cc1ccc(Cl)nc1. The van der Waals surface area contributed by atoms with Crippen molar-refractivity contribution in [3.05, 3.63) is 29.0 Å². The first-order valence-electron chi connectivity index (χ1n) is 5.75. The minimum atomic E-state index is -3.56. The Morgan fingerprint density at radius 1 is 1.53 bits per heavy atom. The summed E-state index contributed by atoms with van der Waals surface area (Å²) in [5, 5.41) is 4.14. The van der Waals surface area contributed by atoms with Crippen LogP contribution in [0.3, 0.4) is 0 Å². The molecule has 1 fully saturated rings. The third-order valence-electron chi connectivity index (χ3n) is 2.63. The number of nitrogens with zero attached hydrogens (tertiary/aromatic N) is 3. The molecule has 1 aliphatic heterocycles. The fourth-order valence-corrected chi connectivity index (χ4v) is 2.15. The first-order chi connectivity index (χ1) is 8.94. The lowest BCUT2D eigenvalue weighted by Crippen LogP contribution is -2.24. The number of hydrogen-bond donors (Lipinski definition) is 0. The summed E-state index contributed by atoms with van der Waals surface area (Å²) in [5.41, 5.74) is 0.985. The predicted molar refractivity (Wildman–Crippen MR) is 72.3 cm³/mol. The summed E-state index contributed by atoms with van der Waals surface area (Å²) >= 11 is 5.72. The summed E-state index contributed by atoms with van der Waals surface area (Å²) in [4.78, 5) is 5.97. The average molecular weight is 304 g/mol. The molecule has 0 saturated carbocycles. The van der Waals surface area contributed by atoms with Crippen LogP contribution in [0.4, 0.5) is 0 Å². The van der Waals surface area contributed by atoms with Gasteiger partial charge in [0.1, 0.15) is 11.0 Å². The third kappa shape index (κ3) is 4.36. The normalized spacial score (nSPS) is 18.0. The number of pyridine rings is 1. The molecular weight excluding hydrogens is 290 g/mol. The topological polar surface area (TPSA) is 71.9 Å². The van der Waals surface area contributed by atoms with Crippen molar-refractivity contribution in [3.63, 3.8) is 0 Å². The second kappa shape index (κ2) is 5.75. The van der Waals surface area contributed by atoms with Crippen LogP contribution in [0.1, 0.15) is 18.4 Å². The highest BCUT2D eigenvalue weighted by Crippen LogP contribution is 2.16. The van der Waals surface area contributed by atoms with E-state index >= 15 is 0 Å². The molecule has 0 radical (unpaired) electrons. The van der Waals surface area contributed by atoms with Crippen LogP contribution in [0, 0.1) is 0 Å². The van der Waals surface area contributed by atoms with Gasteiger partial charge in [-0.25, -0.2) is 4.98 Å². The van der Waals surface area contributed by atoms with Gasteiger partial charge in [-0.05, 0) is 18.1 Å². The number of likely N-dealkylation sites (tertiary alicyclic amines) is 1. The quantitative estimate of drug-likeness (QED) is 0.624. The van der Waals surface area contributed by atoms with E-state index in [1.54, 1.807) is 12.3 Å². The molecule has 2 heterocycles. The van der Waals surface area contributed by atoms with Crippen LogP contribution in [0.15, 0.2) is 23.5 Å². The molecule has 0 atom stereocenters. The number of rotatable bonds is 4. The second-order valence-electron chi connectivity index (χ2n) is 4.30. The average Bonchev–Trinajstić information content (AvgIpc) is 2.76. The van der Waals surface area contributed by atoms with Crippen molar-refractivity contribution >= 4 is 27.6 Å². The molecule has 0 spiro atoms. The summed E-state index contributed by atoms with van der Waals surface area (Å²) in [6.45, 7) is 1.42. The lowest BCUT2D eigenvalue weighted by atomic mass is 10.3. The van der Waals surface area contributed by atoms with E-state index in [1.165, 1.54) is 0 Å². The van der Waals surface area contributed by atoms with Crippen LogP contribution in [0.2, 0.25) is 5.15 Å². The van der Waals surface area contributed by atoms with Gasteiger partial charge < -0.3 is 4.90 Å². The van der Waals surface area contributed by atoms with Crippen LogP contribution in [-0.2, 0) is 20.9 Å². The van der Waals surface area contributed by atoms with E-state index in [2.05, 4.69) is 14.4 Å². The molecule has 0 N–H and O–H groups in total. The fraction of sp³-hybridized carbons (Fsp3) is 0.455. The molecule has 1 saturated heterocycles. The Kier molecular flexibility index (Phi) is 4.26. The molecule has 19 heavy (non-hydrogen) atoms. The zero-order valence-corrected chi connectivity index (χ0v) is 12.0. The zero-order chi connectivity index (χ0) is 13.9. The molecule has 1 aromatic heterocycles. The van der Waals surface area contributed by atoms with E-state index in [0.29, 0.717) is 24.0 Å². The Morgan fingerprint density at radius 3 is 2.95 bits per heavy atom. The van der Waals surface area contributed by atoms with Crippen LogP contribution in [0.5, 0.6) is 0 Å². The number of hydrogen-bond acceptors (Lipinski definition) is 5.